The number of hydrogen-bond donors (Lipinski definition) is 1. The number of nitrogens with zero attached hydrogens (tertiary/aromatic N) is 1. The molecule has 1 saturated heterocycles. The van der Waals surface area contributed by atoms with Crippen molar-refractivity contribution >= 4 is 5.97 Å². The van der Waals surface area contributed by atoms with E-state index >= 15 is 0 Å². The number of benzene rings is 1. The third kappa shape index (κ3) is 3.67. The molecule has 7 bridgehead atoms. The van der Waals surface area contributed by atoms with Crippen molar-refractivity contribution in [3.63, 3.8) is 0 Å². The van der Waals surface area contributed by atoms with Gasteiger partial charge in [-0.1, -0.05) is 6.92 Å². The number of carbonyl (C=O) groups is 1. The van der Waals surface area contributed by atoms with E-state index in [2.05, 4.69) is 11.8 Å². The predicted octanol–water partition coefficient (Wildman–Crippen LogP) is 3.04. The second kappa shape index (κ2) is 10.8. The predicted molar refractivity (Wildman–Crippen MR) is 160 cm³/mol. The minimum atomic E-state index is -1.15. The summed E-state index contributed by atoms with van der Waals surface area (Å²) >= 11 is 0. The lowest BCUT2D eigenvalue weighted by Crippen LogP contribution is -2.76. The zero-order valence-electron chi connectivity index (χ0n) is 27.1. The molecular weight excluding hydrogens is 566 g/mol. The number of rotatable bonds is 10. The van der Waals surface area contributed by atoms with Crippen molar-refractivity contribution in [2.45, 2.75) is 68.7 Å². The van der Waals surface area contributed by atoms with Crippen molar-refractivity contribution in [1.29, 1.82) is 0 Å². The van der Waals surface area contributed by atoms with Crippen LogP contribution in [0.2, 0.25) is 0 Å². The van der Waals surface area contributed by atoms with Crippen molar-refractivity contribution in [2.75, 3.05) is 62.4 Å². The molecule has 10 heteroatoms. The normalized spacial score (nSPS) is 46.5. The molecule has 13 atom stereocenters. The second-order valence-electron chi connectivity index (χ2n) is 14.2. The van der Waals surface area contributed by atoms with Crippen LogP contribution in [0.4, 0.5) is 0 Å². The van der Waals surface area contributed by atoms with Crippen LogP contribution in [-0.2, 0) is 23.7 Å². The van der Waals surface area contributed by atoms with Gasteiger partial charge >= 0.3 is 5.97 Å². The van der Waals surface area contributed by atoms with Gasteiger partial charge in [0.1, 0.15) is 6.10 Å². The van der Waals surface area contributed by atoms with Gasteiger partial charge in [-0.2, -0.15) is 0 Å². The molecule has 1 spiro atoms. The molecule has 5 aliphatic carbocycles. The molecule has 1 N–H and O–H groups in total. The topological polar surface area (TPSA) is 105 Å². The average Bonchev–Trinajstić information content (AvgIpc) is 3.47. The van der Waals surface area contributed by atoms with Crippen molar-refractivity contribution < 1.29 is 43.1 Å². The number of esters is 1. The van der Waals surface area contributed by atoms with Gasteiger partial charge in [0, 0.05) is 81.9 Å². The maximum Gasteiger partial charge on any atom is 0.338 e. The van der Waals surface area contributed by atoms with Crippen LogP contribution in [0.15, 0.2) is 18.2 Å². The molecule has 0 aromatic heterocycles. The first-order chi connectivity index (χ1) is 21.2. The van der Waals surface area contributed by atoms with E-state index in [1.54, 1.807) is 53.7 Å². The maximum absolute atomic E-state index is 13.9. The fourth-order valence-corrected chi connectivity index (χ4v) is 12.3. The largest absolute Gasteiger partial charge is 0.493 e. The Kier molecular flexibility index (Phi) is 7.54. The quantitative estimate of drug-likeness (QED) is 0.395. The Labute approximate surface area is 260 Å². The first-order valence-electron chi connectivity index (χ1n) is 16.2. The van der Waals surface area contributed by atoms with Gasteiger partial charge in [-0.3, -0.25) is 4.90 Å². The van der Waals surface area contributed by atoms with Crippen molar-refractivity contribution in [3.8, 4) is 11.5 Å². The summed E-state index contributed by atoms with van der Waals surface area (Å²) in [7, 11) is 10.3. The highest BCUT2D eigenvalue weighted by molar-refractivity contribution is 5.90. The first-order valence-corrected chi connectivity index (χ1v) is 16.2. The van der Waals surface area contributed by atoms with Crippen molar-refractivity contribution in [2.24, 2.45) is 40.4 Å². The molecule has 0 radical (unpaired) electrons. The van der Waals surface area contributed by atoms with Crippen LogP contribution < -0.4 is 9.47 Å². The Bertz CT molecular complexity index is 1280. The summed E-state index contributed by atoms with van der Waals surface area (Å²) in [5.41, 5.74) is -1.17. The van der Waals surface area contributed by atoms with Crippen LogP contribution in [0.25, 0.3) is 0 Å². The number of piperidine rings is 1. The Hall–Kier alpha value is -1.95. The number of ether oxygens (including phenoxy) is 7. The van der Waals surface area contributed by atoms with Crippen LogP contribution in [0.5, 0.6) is 11.5 Å². The number of aliphatic hydroxyl groups is 1. The number of fused-ring (bicyclic) bond motifs is 2. The molecule has 10 nitrogen and oxygen atoms in total. The first kappa shape index (κ1) is 30.7. The fraction of sp³-hybridized carbons (Fsp3) is 0.794. The van der Waals surface area contributed by atoms with Gasteiger partial charge in [0.2, 0.25) is 0 Å². The number of carbonyl (C=O) groups excluding carboxylic acids is 1. The SMILES string of the molecule is CCN1C[C@]2(COC)CC[C@H](OC)[C@@]34[C@@H]5C[C@H]6[C@H](OC(=O)c7ccc(OC)c(OC)c7)[C@@H]5[C@](O)(C[C@@H]6OC)[C@@H]([C@H](OC)[C@H]23)[C@@H]14. The minimum Gasteiger partial charge on any atom is -0.493 e. The summed E-state index contributed by atoms with van der Waals surface area (Å²) < 4.78 is 42.5. The molecule has 1 heterocycles. The number of likely N-dealkylation sites (tertiary alicyclic amines) is 1. The van der Waals surface area contributed by atoms with Crippen LogP contribution >= 0.6 is 0 Å². The monoisotopic (exact) mass is 615 g/mol. The van der Waals surface area contributed by atoms with E-state index in [0.717, 1.165) is 32.4 Å². The molecule has 244 valence electrons. The van der Waals surface area contributed by atoms with Gasteiger partial charge in [-0.25, -0.2) is 4.79 Å². The van der Waals surface area contributed by atoms with Gasteiger partial charge in [0.05, 0.1) is 50.3 Å². The van der Waals surface area contributed by atoms with E-state index in [4.69, 9.17) is 33.2 Å². The lowest BCUT2D eigenvalue weighted by atomic mass is 9.43. The molecule has 0 unspecified atom stereocenters. The zero-order chi connectivity index (χ0) is 31.2. The summed E-state index contributed by atoms with van der Waals surface area (Å²) in [5, 5.41) is 13.2. The number of hydrogen-bond acceptors (Lipinski definition) is 10. The van der Waals surface area contributed by atoms with E-state index in [1.165, 1.54) is 0 Å². The third-order valence-corrected chi connectivity index (χ3v) is 13.2. The average molecular weight is 616 g/mol. The molecule has 5 saturated carbocycles. The molecule has 1 aromatic carbocycles. The molecule has 44 heavy (non-hydrogen) atoms. The Morgan fingerprint density at radius 3 is 2.41 bits per heavy atom. The van der Waals surface area contributed by atoms with E-state index in [9.17, 15) is 9.90 Å². The fourth-order valence-electron chi connectivity index (χ4n) is 12.3. The molecule has 1 aromatic rings. The van der Waals surface area contributed by atoms with Gasteiger partial charge < -0.3 is 38.3 Å². The van der Waals surface area contributed by atoms with Crippen LogP contribution in [0, 0.1) is 40.4 Å². The summed E-state index contributed by atoms with van der Waals surface area (Å²) in [4.78, 5) is 16.5. The molecule has 6 aliphatic rings. The lowest BCUT2D eigenvalue weighted by molar-refractivity contribution is -0.276. The Morgan fingerprint density at radius 1 is 1.00 bits per heavy atom. The van der Waals surface area contributed by atoms with Gasteiger partial charge in [-0.05, 0) is 49.9 Å². The van der Waals surface area contributed by atoms with E-state index < -0.39 is 17.7 Å². The second-order valence-corrected chi connectivity index (χ2v) is 14.2. The molecule has 0 amide bonds. The Balaban J connectivity index is 1.37. The minimum absolute atomic E-state index is 0.00317. The van der Waals surface area contributed by atoms with E-state index in [1.807, 2.05) is 7.11 Å². The third-order valence-electron chi connectivity index (χ3n) is 13.2. The summed E-state index contributed by atoms with van der Waals surface area (Å²) in [6.45, 7) is 4.66. The lowest BCUT2D eigenvalue weighted by Gasteiger charge is -2.69. The summed E-state index contributed by atoms with van der Waals surface area (Å²) in [5.74, 6) is 0.288. The molecule has 7 rings (SSSR count). The highest BCUT2D eigenvalue weighted by Crippen LogP contribution is 2.79. The highest BCUT2D eigenvalue weighted by atomic mass is 16.6. The standard InChI is InChI=1S/C34H49NO9/c1-8-35-16-32(17-38-2)12-11-24(42-6)34-20-14-19-23(41-5)15-33(37,26(30(34)35)28(43-7)29(32)34)25(20)27(19)44-31(36)18-9-10-21(39-3)22(13-18)40-4/h9-10,13,19-20,23-30,37H,8,11-12,14-17H2,1-7H3/t19-,20-,23+,24+,25-,26+,27+,28+,29-,30-,32+,33-,34+/m1/s1. The van der Waals surface area contributed by atoms with Gasteiger partial charge in [0.15, 0.2) is 11.5 Å². The van der Waals surface area contributed by atoms with E-state index in [0.29, 0.717) is 30.1 Å². The smallest absolute Gasteiger partial charge is 0.338 e. The maximum atomic E-state index is 13.9. The van der Waals surface area contributed by atoms with Crippen LogP contribution in [0.1, 0.15) is 43.0 Å². The summed E-state index contributed by atoms with van der Waals surface area (Å²) in [6.07, 6.45) is 2.27. The van der Waals surface area contributed by atoms with Crippen LogP contribution in [0.3, 0.4) is 0 Å². The molecule has 1 aliphatic heterocycles. The highest BCUT2D eigenvalue weighted by Gasteiger charge is 2.86. The van der Waals surface area contributed by atoms with E-state index in [-0.39, 0.29) is 64.8 Å². The summed E-state index contributed by atoms with van der Waals surface area (Å²) in [6, 6.07) is 5.16. The number of methoxy groups -OCH3 is 6. The zero-order valence-corrected chi connectivity index (χ0v) is 27.1. The van der Waals surface area contributed by atoms with Crippen molar-refractivity contribution in [1.82, 2.24) is 4.90 Å². The van der Waals surface area contributed by atoms with Gasteiger partial charge in [0.25, 0.3) is 0 Å². The van der Waals surface area contributed by atoms with Crippen molar-refractivity contribution in [3.05, 3.63) is 23.8 Å². The molecular formula is C34H49NO9. The van der Waals surface area contributed by atoms with Crippen LogP contribution in [-0.4, -0.2) is 114 Å². The Morgan fingerprint density at radius 2 is 1.77 bits per heavy atom. The molecule has 6 fully saturated rings. The van der Waals surface area contributed by atoms with Gasteiger partial charge in [-0.15, -0.1) is 0 Å².